The molecule has 0 radical (unpaired) electrons. The summed E-state index contributed by atoms with van der Waals surface area (Å²) >= 11 is 0. The van der Waals surface area contributed by atoms with Crippen molar-refractivity contribution in [3.63, 3.8) is 0 Å². The highest BCUT2D eigenvalue weighted by Gasteiger charge is 1.93. The van der Waals surface area contributed by atoms with Crippen LogP contribution in [0.5, 0.6) is 0 Å². The number of hydrogen-bond donors (Lipinski definition) is 2. The van der Waals surface area contributed by atoms with Gasteiger partial charge in [-0.3, -0.25) is 0 Å². The fraction of sp³-hybridized carbons (Fsp3) is 0.273. The molecule has 2 heteroatoms. The van der Waals surface area contributed by atoms with E-state index in [1.165, 1.54) is 11.8 Å². The fourth-order valence-electron chi connectivity index (χ4n) is 0.942. The van der Waals surface area contributed by atoms with Crippen LogP contribution in [0.25, 0.3) is 6.08 Å². The Labute approximate surface area is 80.3 Å². The van der Waals surface area contributed by atoms with Gasteiger partial charge in [-0.15, -0.1) is 0 Å². The number of nitrogen functional groups attached to an aromatic ring is 1. The molecule has 0 bridgehead atoms. The molecule has 0 atom stereocenters. The highest BCUT2D eigenvalue weighted by Crippen LogP contribution is 2.14. The molecule has 0 aliphatic heterocycles. The zero-order chi connectivity index (χ0) is 10.3. The minimum Gasteiger partial charge on any atom is -0.405 e. The van der Waals surface area contributed by atoms with Gasteiger partial charge in [0.1, 0.15) is 0 Å². The number of nitrogens with two attached hydrogens (primary N) is 2. The molecule has 1 aromatic carbocycles. The van der Waals surface area contributed by atoms with E-state index in [2.05, 4.69) is 0 Å². The van der Waals surface area contributed by atoms with Gasteiger partial charge in [-0.05, 0) is 36.9 Å². The molecule has 0 heterocycles. The van der Waals surface area contributed by atoms with Crippen LogP contribution in [0.3, 0.4) is 0 Å². The molecule has 0 unspecified atom stereocenters. The maximum atomic E-state index is 5.67. The minimum absolute atomic E-state index is 0.761. The zero-order valence-corrected chi connectivity index (χ0v) is 8.54. The van der Waals surface area contributed by atoms with Gasteiger partial charge >= 0.3 is 0 Å². The van der Waals surface area contributed by atoms with Crippen LogP contribution in [0, 0.1) is 6.92 Å². The maximum Gasteiger partial charge on any atom is 0.0388 e. The van der Waals surface area contributed by atoms with Gasteiger partial charge in [-0.1, -0.05) is 25.5 Å². The Morgan fingerprint density at radius 3 is 2.38 bits per heavy atom. The molecule has 13 heavy (non-hydrogen) atoms. The summed E-state index contributed by atoms with van der Waals surface area (Å²) < 4.78 is 0. The number of aryl methyl sites for hydroxylation is 1. The molecule has 0 saturated carbocycles. The lowest BCUT2D eigenvalue weighted by Gasteiger charge is -2.00. The summed E-state index contributed by atoms with van der Waals surface area (Å²) in [6.07, 6.45) is 3.29. The van der Waals surface area contributed by atoms with Crippen LogP contribution in [0.2, 0.25) is 0 Å². The van der Waals surface area contributed by atoms with E-state index < -0.39 is 0 Å². The third kappa shape index (κ3) is 3.65. The largest absolute Gasteiger partial charge is 0.405 e. The van der Waals surface area contributed by atoms with Gasteiger partial charge in [0.15, 0.2) is 0 Å². The normalized spacial score (nSPS) is 9.46. The monoisotopic (exact) mass is 178 g/mol. The molecular formula is C11H18N2. The van der Waals surface area contributed by atoms with E-state index in [1.807, 2.05) is 39.0 Å². The van der Waals surface area contributed by atoms with Crippen LogP contribution in [-0.4, -0.2) is 0 Å². The second-order valence-corrected chi connectivity index (χ2v) is 2.49. The Morgan fingerprint density at radius 1 is 1.23 bits per heavy atom. The summed E-state index contributed by atoms with van der Waals surface area (Å²) in [4.78, 5) is 0. The highest BCUT2D eigenvalue weighted by molar-refractivity contribution is 5.64. The topological polar surface area (TPSA) is 52.0 Å². The van der Waals surface area contributed by atoms with E-state index in [0.29, 0.717) is 0 Å². The summed E-state index contributed by atoms with van der Waals surface area (Å²) in [7, 11) is 0. The Morgan fingerprint density at radius 2 is 1.85 bits per heavy atom. The van der Waals surface area contributed by atoms with Crippen molar-refractivity contribution in [2.75, 3.05) is 5.73 Å². The number of benzene rings is 1. The van der Waals surface area contributed by atoms with Gasteiger partial charge in [-0.2, -0.15) is 0 Å². The van der Waals surface area contributed by atoms with Gasteiger partial charge in [0.05, 0.1) is 0 Å². The molecule has 1 rings (SSSR count). The lowest BCUT2D eigenvalue weighted by molar-refractivity contribution is 1.45. The zero-order valence-electron chi connectivity index (χ0n) is 8.54. The predicted octanol–water partition coefficient (Wildman–Crippen LogP) is 2.53. The molecule has 0 aliphatic carbocycles. The van der Waals surface area contributed by atoms with Crippen LogP contribution in [0.4, 0.5) is 5.69 Å². The van der Waals surface area contributed by atoms with E-state index in [9.17, 15) is 0 Å². The van der Waals surface area contributed by atoms with Crippen LogP contribution < -0.4 is 11.5 Å². The number of hydrogen-bond acceptors (Lipinski definition) is 2. The average Bonchev–Trinajstić information content (AvgIpc) is 2.15. The van der Waals surface area contributed by atoms with E-state index >= 15 is 0 Å². The Hall–Kier alpha value is -1.44. The predicted molar refractivity (Wildman–Crippen MR) is 60.2 cm³/mol. The van der Waals surface area contributed by atoms with E-state index in [-0.39, 0.29) is 0 Å². The van der Waals surface area contributed by atoms with Gasteiger partial charge in [0.2, 0.25) is 0 Å². The van der Waals surface area contributed by atoms with Crippen molar-refractivity contribution in [3.05, 3.63) is 35.5 Å². The lowest BCUT2D eigenvalue weighted by Crippen LogP contribution is -1.90. The quantitative estimate of drug-likeness (QED) is 0.649. The molecule has 4 N–H and O–H groups in total. The van der Waals surface area contributed by atoms with Crippen molar-refractivity contribution in [2.45, 2.75) is 20.8 Å². The Balaban J connectivity index is 0.000000671. The highest BCUT2D eigenvalue weighted by atomic mass is 14.6. The lowest BCUT2D eigenvalue weighted by atomic mass is 10.1. The SMILES string of the molecule is CC.Cc1ccc(N)c(/C=C\N)c1. The number of anilines is 1. The molecule has 0 saturated heterocycles. The summed E-state index contributed by atoms with van der Waals surface area (Å²) in [5.41, 5.74) is 13.8. The summed E-state index contributed by atoms with van der Waals surface area (Å²) in [6.45, 7) is 6.02. The van der Waals surface area contributed by atoms with E-state index in [1.54, 1.807) is 6.08 Å². The first-order chi connectivity index (χ1) is 6.24. The molecule has 0 aromatic heterocycles. The fourth-order valence-corrected chi connectivity index (χ4v) is 0.942. The molecule has 2 nitrogen and oxygen atoms in total. The van der Waals surface area contributed by atoms with Gasteiger partial charge in [0.25, 0.3) is 0 Å². The molecule has 0 amide bonds. The molecule has 0 spiro atoms. The molecule has 0 aliphatic rings. The van der Waals surface area contributed by atoms with Crippen molar-refractivity contribution in [3.8, 4) is 0 Å². The molecular weight excluding hydrogens is 160 g/mol. The van der Waals surface area contributed by atoms with Crippen LogP contribution in [-0.2, 0) is 0 Å². The van der Waals surface area contributed by atoms with E-state index in [0.717, 1.165) is 11.3 Å². The van der Waals surface area contributed by atoms with Gasteiger partial charge < -0.3 is 11.5 Å². The van der Waals surface area contributed by atoms with Crippen molar-refractivity contribution in [1.29, 1.82) is 0 Å². The van der Waals surface area contributed by atoms with Gasteiger partial charge in [-0.25, -0.2) is 0 Å². The summed E-state index contributed by atoms with van der Waals surface area (Å²) in [6, 6.07) is 5.85. The van der Waals surface area contributed by atoms with Crippen molar-refractivity contribution in [1.82, 2.24) is 0 Å². The maximum absolute atomic E-state index is 5.67. The smallest absolute Gasteiger partial charge is 0.0388 e. The first kappa shape index (κ1) is 11.6. The van der Waals surface area contributed by atoms with Crippen LogP contribution in [0.15, 0.2) is 24.4 Å². The second-order valence-electron chi connectivity index (χ2n) is 2.49. The first-order valence-electron chi connectivity index (χ1n) is 4.48. The standard InChI is InChI=1S/C9H12N2.C2H6/c1-7-2-3-9(11)8(6-7)4-5-10;1-2/h2-6H,10-11H2,1H3;1-2H3/b5-4-;. The Bertz CT molecular complexity index is 277. The summed E-state index contributed by atoms with van der Waals surface area (Å²) in [5, 5.41) is 0. The molecule has 72 valence electrons. The van der Waals surface area contributed by atoms with Crippen LogP contribution in [0.1, 0.15) is 25.0 Å². The second kappa shape index (κ2) is 6.12. The third-order valence-corrected chi connectivity index (χ3v) is 1.52. The van der Waals surface area contributed by atoms with Gasteiger partial charge in [0, 0.05) is 5.69 Å². The first-order valence-corrected chi connectivity index (χ1v) is 4.48. The van der Waals surface area contributed by atoms with Crippen LogP contribution >= 0.6 is 0 Å². The third-order valence-electron chi connectivity index (χ3n) is 1.52. The Kier molecular flexibility index (Phi) is 5.44. The molecule has 1 aromatic rings. The van der Waals surface area contributed by atoms with Crippen molar-refractivity contribution < 1.29 is 0 Å². The van der Waals surface area contributed by atoms with E-state index in [4.69, 9.17) is 11.5 Å². The number of rotatable bonds is 1. The summed E-state index contributed by atoms with van der Waals surface area (Å²) in [5.74, 6) is 0. The van der Waals surface area contributed by atoms with Crippen molar-refractivity contribution >= 4 is 11.8 Å². The molecule has 0 fully saturated rings. The van der Waals surface area contributed by atoms with Crippen molar-refractivity contribution in [2.24, 2.45) is 5.73 Å². The average molecular weight is 178 g/mol. The minimum atomic E-state index is 0.761.